The molecule has 3 heteroatoms. The fraction of sp³-hybridized carbons (Fsp3) is 0.600. The highest BCUT2D eigenvalue weighted by Crippen LogP contribution is 2.23. The van der Waals surface area contributed by atoms with Gasteiger partial charge in [0.15, 0.2) is 0 Å². The van der Waals surface area contributed by atoms with Crippen LogP contribution in [0.1, 0.15) is 17.5 Å². The average Bonchev–Trinajstić information content (AvgIpc) is 2.32. The molecule has 0 radical (unpaired) electrons. The van der Waals surface area contributed by atoms with E-state index in [2.05, 4.69) is 44.0 Å². The van der Waals surface area contributed by atoms with Crippen molar-refractivity contribution in [1.29, 1.82) is 0 Å². The second-order valence-electron chi connectivity index (χ2n) is 5.36. The van der Waals surface area contributed by atoms with E-state index in [1.807, 2.05) is 0 Å². The van der Waals surface area contributed by atoms with Gasteiger partial charge < -0.3 is 14.7 Å². The minimum Gasteiger partial charge on any atom is -0.393 e. The lowest BCUT2D eigenvalue weighted by molar-refractivity contribution is -0.0320. The number of benzene rings is 1. The Morgan fingerprint density at radius 3 is 2.83 bits per heavy atom. The predicted octanol–water partition coefficient (Wildman–Crippen LogP) is 2.14. The zero-order chi connectivity index (χ0) is 13.1. The van der Waals surface area contributed by atoms with Crippen molar-refractivity contribution >= 4 is 5.69 Å². The number of nitrogens with zero attached hydrogens (tertiary/aromatic N) is 1. The summed E-state index contributed by atoms with van der Waals surface area (Å²) in [4.78, 5) is 2.22. The van der Waals surface area contributed by atoms with E-state index >= 15 is 0 Å². The van der Waals surface area contributed by atoms with Crippen LogP contribution in [0.3, 0.4) is 0 Å². The van der Waals surface area contributed by atoms with Crippen LogP contribution in [0, 0.1) is 19.8 Å². The molecule has 2 unspecified atom stereocenters. The molecule has 1 aromatic carbocycles. The highest BCUT2D eigenvalue weighted by molar-refractivity contribution is 5.53. The Morgan fingerprint density at radius 1 is 1.39 bits per heavy atom. The summed E-state index contributed by atoms with van der Waals surface area (Å²) in [7, 11) is 2.08. The fourth-order valence-electron chi connectivity index (χ4n) is 2.64. The second kappa shape index (κ2) is 5.72. The second-order valence-corrected chi connectivity index (χ2v) is 5.36. The quantitative estimate of drug-likeness (QED) is 0.891. The molecule has 0 aliphatic carbocycles. The molecule has 0 aromatic heterocycles. The van der Waals surface area contributed by atoms with E-state index in [1.54, 1.807) is 0 Å². The van der Waals surface area contributed by atoms with Gasteiger partial charge in [0.1, 0.15) is 0 Å². The maximum Gasteiger partial charge on any atom is 0.0629 e. The van der Waals surface area contributed by atoms with Crippen molar-refractivity contribution in [3.63, 3.8) is 0 Å². The van der Waals surface area contributed by atoms with E-state index < -0.39 is 0 Å². The Morgan fingerprint density at radius 2 is 2.17 bits per heavy atom. The van der Waals surface area contributed by atoms with E-state index in [4.69, 9.17) is 4.74 Å². The molecule has 1 aliphatic rings. The van der Waals surface area contributed by atoms with Gasteiger partial charge in [0.25, 0.3) is 0 Å². The van der Waals surface area contributed by atoms with Crippen LogP contribution in [-0.4, -0.2) is 38.0 Å². The third-order valence-electron chi connectivity index (χ3n) is 3.71. The summed E-state index contributed by atoms with van der Waals surface area (Å²) in [5.74, 6) is 0.212. The zero-order valence-corrected chi connectivity index (χ0v) is 11.5. The molecule has 1 N–H and O–H groups in total. The summed E-state index contributed by atoms with van der Waals surface area (Å²) in [6, 6.07) is 6.48. The van der Waals surface area contributed by atoms with Crippen LogP contribution in [0.15, 0.2) is 18.2 Å². The molecule has 2 atom stereocenters. The third-order valence-corrected chi connectivity index (χ3v) is 3.71. The third kappa shape index (κ3) is 3.03. The number of rotatable bonds is 3. The first-order valence-electron chi connectivity index (χ1n) is 6.62. The topological polar surface area (TPSA) is 32.7 Å². The van der Waals surface area contributed by atoms with Gasteiger partial charge in [-0.1, -0.05) is 17.7 Å². The number of hydrogen-bond acceptors (Lipinski definition) is 3. The van der Waals surface area contributed by atoms with Gasteiger partial charge >= 0.3 is 0 Å². The van der Waals surface area contributed by atoms with Crippen molar-refractivity contribution in [3.8, 4) is 0 Å². The fourth-order valence-corrected chi connectivity index (χ4v) is 2.64. The van der Waals surface area contributed by atoms with Crippen LogP contribution in [0.2, 0.25) is 0 Å². The molecular formula is C15H23NO2. The maximum absolute atomic E-state index is 9.97. The van der Waals surface area contributed by atoms with Crippen molar-refractivity contribution in [3.05, 3.63) is 29.3 Å². The normalized spacial score (nSPS) is 24.0. The van der Waals surface area contributed by atoms with E-state index in [0.717, 1.165) is 13.0 Å². The highest BCUT2D eigenvalue weighted by atomic mass is 16.5. The molecule has 1 heterocycles. The number of aliphatic hydroxyl groups excluding tert-OH is 1. The van der Waals surface area contributed by atoms with E-state index in [-0.39, 0.29) is 12.0 Å². The SMILES string of the molecule is Cc1ccc(N(C)CC2COCCC2O)c(C)c1. The lowest BCUT2D eigenvalue weighted by Crippen LogP contribution is -2.39. The Kier molecular flexibility index (Phi) is 4.25. The van der Waals surface area contributed by atoms with Gasteiger partial charge in [-0.3, -0.25) is 0 Å². The van der Waals surface area contributed by atoms with Crippen molar-refractivity contribution < 1.29 is 9.84 Å². The van der Waals surface area contributed by atoms with Crippen molar-refractivity contribution in [2.24, 2.45) is 5.92 Å². The summed E-state index contributed by atoms with van der Waals surface area (Å²) < 4.78 is 5.45. The number of aliphatic hydroxyl groups is 1. The van der Waals surface area contributed by atoms with Crippen LogP contribution in [0.25, 0.3) is 0 Å². The lowest BCUT2D eigenvalue weighted by Gasteiger charge is -2.32. The first-order chi connectivity index (χ1) is 8.58. The van der Waals surface area contributed by atoms with Crippen LogP contribution < -0.4 is 4.90 Å². The Hall–Kier alpha value is -1.06. The predicted molar refractivity (Wildman–Crippen MR) is 74.1 cm³/mol. The van der Waals surface area contributed by atoms with Crippen molar-refractivity contribution in [2.45, 2.75) is 26.4 Å². The molecule has 18 heavy (non-hydrogen) atoms. The number of aryl methyl sites for hydroxylation is 2. The van der Waals surface area contributed by atoms with Crippen LogP contribution in [0.5, 0.6) is 0 Å². The van der Waals surface area contributed by atoms with Gasteiger partial charge in [-0.2, -0.15) is 0 Å². The standard InChI is InChI=1S/C15H23NO2/c1-11-4-5-14(12(2)8-11)16(3)9-13-10-18-7-6-15(13)17/h4-5,8,13,15,17H,6-7,9-10H2,1-3H3. The average molecular weight is 249 g/mol. The van der Waals surface area contributed by atoms with E-state index in [9.17, 15) is 5.11 Å². The summed E-state index contributed by atoms with van der Waals surface area (Å²) >= 11 is 0. The molecule has 1 fully saturated rings. The van der Waals surface area contributed by atoms with Crippen molar-refractivity contribution in [1.82, 2.24) is 0 Å². The summed E-state index contributed by atoms with van der Waals surface area (Å²) in [6.45, 7) is 6.43. The van der Waals surface area contributed by atoms with Crippen LogP contribution in [0.4, 0.5) is 5.69 Å². The molecule has 1 saturated heterocycles. The number of anilines is 1. The summed E-state index contributed by atoms with van der Waals surface area (Å²) in [6.07, 6.45) is 0.526. The minimum absolute atomic E-state index is 0.212. The number of ether oxygens (including phenoxy) is 1. The molecule has 2 rings (SSSR count). The molecule has 0 bridgehead atoms. The molecule has 0 amide bonds. The summed E-state index contributed by atoms with van der Waals surface area (Å²) in [5, 5.41) is 9.97. The van der Waals surface area contributed by atoms with Gasteiger partial charge in [-0.25, -0.2) is 0 Å². The first kappa shape index (κ1) is 13.4. The Bertz CT molecular complexity index is 405. The number of hydrogen-bond donors (Lipinski definition) is 1. The molecule has 3 nitrogen and oxygen atoms in total. The van der Waals surface area contributed by atoms with Gasteiger partial charge in [0, 0.05) is 31.8 Å². The monoisotopic (exact) mass is 249 g/mol. The van der Waals surface area contributed by atoms with Crippen LogP contribution >= 0.6 is 0 Å². The van der Waals surface area contributed by atoms with E-state index in [0.29, 0.717) is 13.2 Å². The lowest BCUT2D eigenvalue weighted by atomic mass is 9.97. The molecule has 1 aliphatic heterocycles. The zero-order valence-electron chi connectivity index (χ0n) is 11.5. The highest BCUT2D eigenvalue weighted by Gasteiger charge is 2.25. The van der Waals surface area contributed by atoms with Gasteiger partial charge in [0.05, 0.1) is 12.7 Å². The maximum atomic E-state index is 9.97. The molecule has 0 saturated carbocycles. The van der Waals surface area contributed by atoms with Gasteiger partial charge in [-0.15, -0.1) is 0 Å². The largest absolute Gasteiger partial charge is 0.393 e. The Balaban J connectivity index is 2.04. The Labute approximate surface area is 109 Å². The first-order valence-corrected chi connectivity index (χ1v) is 6.62. The van der Waals surface area contributed by atoms with Crippen LogP contribution in [-0.2, 0) is 4.74 Å². The van der Waals surface area contributed by atoms with Gasteiger partial charge in [0.2, 0.25) is 0 Å². The summed E-state index contributed by atoms with van der Waals surface area (Å²) in [5.41, 5.74) is 3.80. The smallest absolute Gasteiger partial charge is 0.0629 e. The molecule has 100 valence electrons. The van der Waals surface area contributed by atoms with E-state index in [1.165, 1.54) is 16.8 Å². The molecule has 1 aromatic rings. The molecule has 0 spiro atoms. The van der Waals surface area contributed by atoms with Gasteiger partial charge in [-0.05, 0) is 31.9 Å². The molecular weight excluding hydrogens is 226 g/mol. The van der Waals surface area contributed by atoms with Crippen molar-refractivity contribution in [2.75, 3.05) is 31.7 Å². The minimum atomic E-state index is -0.230.